The first kappa shape index (κ1) is 43.7. The number of nitrogens with zero attached hydrogens (tertiary/aromatic N) is 1. The molecule has 237 valence electrons. The molecule has 0 N–H and O–H groups in total. The number of para-hydroxylation sites is 3. The van der Waals surface area contributed by atoms with Crippen molar-refractivity contribution < 1.29 is 136 Å². The number of hydrogen-bond acceptors (Lipinski definition) is 3. The minimum absolute atomic E-state index is 0. The second-order valence-corrected chi connectivity index (χ2v) is 12.4. The van der Waals surface area contributed by atoms with Crippen molar-refractivity contribution in [3.05, 3.63) is 170 Å². The van der Waals surface area contributed by atoms with Gasteiger partial charge in [-0.25, -0.2) is 0 Å². The summed E-state index contributed by atoms with van der Waals surface area (Å²) in [5.41, 5.74) is 10.8. The van der Waals surface area contributed by atoms with Gasteiger partial charge in [0.1, 0.15) is 0 Å². The van der Waals surface area contributed by atoms with Crippen LogP contribution in [-0.2, 0) is 33.2 Å². The maximum absolute atomic E-state index is 8.64. The van der Waals surface area contributed by atoms with E-state index in [9.17, 15) is 0 Å². The van der Waals surface area contributed by atoms with Gasteiger partial charge in [-0.15, -0.1) is 0 Å². The quantitative estimate of drug-likeness (QED) is 0.0870. The molecule has 1 aliphatic carbocycles. The zero-order valence-corrected chi connectivity index (χ0v) is 37.8. The second-order valence-electron chi connectivity index (χ2n) is 10.3. The number of hydrogen-bond donors (Lipinski definition) is 0. The van der Waals surface area contributed by atoms with Crippen molar-refractivity contribution >= 4 is 66.8 Å². The summed E-state index contributed by atoms with van der Waals surface area (Å²) in [7, 11) is 0. The molecular formula is C39H31BrCuIK2NO3. The van der Waals surface area contributed by atoms with Gasteiger partial charge in [0.2, 0.25) is 0 Å². The zero-order chi connectivity index (χ0) is 31.6. The molecule has 0 unspecified atom stereocenters. The molecule has 1 aliphatic rings. The molecule has 1 heterocycles. The van der Waals surface area contributed by atoms with E-state index in [1.54, 1.807) is 0 Å². The van der Waals surface area contributed by atoms with Gasteiger partial charge in [-0.3, -0.25) is 4.79 Å². The first-order valence-electron chi connectivity index (χ1n) is 14.4. The molecule has 0 saturated heterocycles. The van der Waals surface area contributed by atoms with Crippen molar-refractivity contribution in [2.24, 2.45) is 0 Å². The topological polar surface area (TPSA) is 54.3 Å². The van der Waals surface area contributed by atoms with Crippen LogP contribution >= 0.6 is 38.5 Å². The van der Waals surface area contributed by atoms with Crippen LogP contribution < -0.4 is 108 Å². The molecule has 0 aliphatic heterocycles. The Kier molecular flexibility index (Phi) is 20.5. The van der Waals surface area contributed by atoms with Crippen LogP contribution in [0.2, 0.25) is 0 Å². The van der Waals surface area contributed by atoms with Crippen LogP contribution in [0.5, 0.6) is 0 Å². The van der Waals surface area contributed by atoms with Crippen molar-refractivity contribution in [3.8, 4) is 16.8 Å². The summed E-state index contributed by atoms with van der Waals surface area (Å²) in [6, 6.07) is 51.2. The Morgan fingerprint density at radius 3 is 1.62 bits per heavy atom. The number of benzene rings is 6. The van der Waals surface area contributed by atoms with Gasteiger partial charge >= 0.3 is 103 Å². The number of aromatic nitrogens is 1. The molecule has 4 nitrogen and oxygen atoms in total. The van der Waals surface area contributed by atoms with Gasteiger partial charge in [-0.05, 0) is 100 Å². The van der Waals surface area contributed by atoms with Crippen LogP contribution in [0.3, 0.4) is 0 Å². The fourth-order valence-corrected chi connectivity index (χ4v) is 6.91. The van der Waals surface area contributed by atoms with Gasteiger partial charge in [0, 0.05) is 41.6 Å². The summed E-state index contributed by atoms with van der Waals surface area (Å²) >= 11 is 5.63. The van der Waals surface area contributed by atoms with E-state index >= 15 is 0 Å². The van der Waals surface area contributed by atoms with E-state index in [-0.39, 0.29) is 128 Å². The average molecular weight is 910 g/mol. The monoisotopic (exact) mass is 908 g/mol. The Hall–Kier alpha value is -0.448. The molecule has 1 radical (unpaired) electrons. The maximum Gasteiger partial charge on any atom is 1.00 e. The van der Waals surface area contributed by atoms with E-state index in [4.69, 9.17) is 10.1 Å². The maximum atomic E-state index is 8.64. The summed E-state index contributed by atoms with van der Waals surface area (Å²) in [4.78, 5) is 11.2. The minimum atomic E-state index is -0.181. The number of halogens is 2. The van der Waals surface area contributed by atoms with E-state index in [1.807, 2.05) is 12.1 Å². The first-order valence-corrected chi connectivity index (χ1v) is 16.2. The van der Waals surface area contributed by atoms with Gasteiger partial charge in [0.05, 0.1) is 11.0 Å². The molecule has 1 aromatic heterocycles. The van der Waals surface area contributed by atoms with Crippen molar-refractivity contribution in [2.45, 2.75) is 13.3 Å². The van der Waals surface area contributed by atoms with E-state index in [0.717, 1.165) is 10.9 Å². The molecule has 0 atom stereocenters. The minimum Gasteiger partial charge on any atom is -1.00 e. The Bertz CT molecular complexity index is 1960. The third-order valence-electron chi connectivity index (χ3n) is 7.47. The van der Waals surface area contributed by atoms with E-state index in [2.05, 4.69) is 188 Å². The van der Waals surface area contributed by atoms with Gasteiger partial charge < -0.3 is 16.1 Å². The van der Waals surface area contributed by atoms with Crippen molar-refractivity contribution in [1.29, 1.82) is 0 Å². The van der Waals surface area contributed by atoms with Crippen LogP contribution in [0.25, 0.3) is 38.6 Å². The molecule has 0 spiro atoms. The molecule has 0 amide bonds. The van der Waals surface area contributed by atoms with Gasteiger partial charge in [0.15, 0.2) is 0 Å². The fraction of sp³-hybridized carbons (Fsp3) is 0.0513. The average Bonchev–Trinajstić information content (AvgIpc) is 3.62. The molecular weight excluding hydrogens is 879 g/mol. The van der Waals surface area contributed by atoms with Crippen LogP contribution in [0, 0.1) is 10.5 Å². The van der Waals surface area contributed by atoms with Crippen LogP contribution in [0.4, 0.5) is 0 Å². The Balaban J connectivity index is 0.000000361. The zero-order valence-electron chi connectivity index (χ0n) is 27.9. The van der Waals surface area contributed by atoms with Gasteiger partial charge in [-0.2, -0.15) is 0 Å². The number of aryl methyl sites for hydroxylation is 1. The molecule has 0 fully saturated rings. The Morgan fingerprint density at radius 2 is 1.17 bits per heavy atom. The second kappa shape index (κ2) is 22.5. The van der Waals surface area contributed by atoms with E-state index in [0.29, 0.717) is 0 Å². The van der Waals surface area contributed by atoms with Gasteiger partial charge in [-0.1, -0.05) is 125 Å². The number of carbonyl (C=O) groups is 1. The molecule has 0 bridgehead atoms. The summed E-state index contributed by atoms with van der Waals surface area (Å²) < 4.78 is 4.77. The van der Waals surface area contributed by atoms with Crippen molar-refractivity contribution in [1.82, 2.24) is 4.57 Å². The number of rotatable bonds is 2. The molecule has 48 heavy (non-hydrogen) atoms. The molecule has 9 heteroatoms. The summed E-state index contributed by atoms with van der Waals surface area (Å²) in [6.45, 7) is 1.99. The molecule has 0 saturated carbocycles. The van der Waals surface area contributed by atoms with Crippen molar-refractivity contribution in [3.63, 3.8) is 0 Å². The third kappa shape index (κ3) is 11.3. The van der Waals surface area contributed by atoms with Gasteiger partial charge in [0.25, 0.3) is 6.47 Å². The van der Waals surface area contributed by atoms with Crippen LogP contribution in [0.15, 0.2) is 150 Å². The summed E-state index contributed by atoms with van der Waals surface area (Å²) in [6.07, 6.45) is 1.10. The predicted molar refractivity (Wildman–Crippen MR) is 195 cm³/mol. The van der Waals surface area contributed by atoms with Crippen LogP contribution in [-0.4, -0.2) is 11.0 Å². The summed E-state index contributed by atoms with van der Waals surface area (Å²) in [5.74, 6) is 0. The Labute approximate surface area is 401 Å². The SMILES string of the molecule is Brc1cccc(I)c1.Cc1ccccc1-n1c2ccccc2c2ccccc21.O=CO[O-].[Cu].[H-].[K+].[K+].c1ccc2c(c1)Cc1ccccc1-2. The normalized spacial score (nSPS) is 10.0. The molecule has 6 aromatic carbocycles. The Morgan fingerprint density at radius 1 is 0.708 bits per heavy atom. The van der Waals surface area contributed by atoms with E-state index < -0.39 is 0 Å². The fourth-order valence-electron chi connectivity index (χ4n) is 5.54. The summed E-state index contributed by atoms with van der Waals surface area (Å²) in [5, 5.41) is 11.1. The predicted octanol–water partition coefficient (Wildman–Crippen LogP) is 3.96. The number of carbonyl (C=O) groups excluding carboxylic acids is 1. The molecule has 8 rings (SSSR count). The van der Waals surface area contributed by atoms with Crippen molar-refractivity contribution in [2.75, 3.05) is 0 Å². The smallest absolute Gasteiger partial charge is 1.00 e. The first-order chi connectivity index (χ1) is 22.0. The largest absolute Gasteiger partial charge is 1.00 e. The molecule has 7 aromatic rings. The standard InChI is InChI=1S/C19H15N.C13H10.C6H4BrI.CH2O3.Cu.2K.H/c1-14-8-2-5-11-17(14)20-18-12-6-3-9-15(18)16-10-4-7-13-19(16)20;1-3-7-12-10(5-1)9-11-6-2-4-8-13(11)12;7-5-2-1-3-6(8)4-5;2-1-4-3;;;;/h2-13H,1H3;1-8H,9H2;1-4H;1,3H;;;;/q;;;;;2*+1;-1/p-1. The number of fused-ring (bicyclic) bond motifs is 6. The third-order valence-corrected chi connectivity index (χ3v) is 8.63. The van der Waals surface area contributed by atoms with Crippen LogP contribution in [0.1, 0.15) is 18.1 Å². The van der Waals surface area contributed by atoms with E-state index in [1.165, 1.54) is 58.9 Å².